The minimum Gasteiger partial charge on any atom is -0.371 e. The second-order valence-electron chi connectivity index (χ2n) is 4.99. The van der Waals surface area contributed by atoms with E-state index >= 15 is 0 Å². The Morgan fingerprint density at radius 3 is 2.50 bits per heavy atom. The lowest BCUT2D eigenvalue weighted by Crippen LogP contribution is -2.41. The van der Waals surface area contributed by atoms with Crippen molar-refractivity contribution in [1.82, 2.24) is 0 Å². The number of halogens is 4. The molecule has 3 unspecified atom stereocenters. The van der Waals surface area contributed by atoms with Crippen molar-refractivity contribution in [3.63, 3.8) is 0 Å². The van der Waals surface area contributed by atoms with E-state index in [0.717, 1.165) is 19.3 Å². The fourth-order valence-electron chi connectivity index (χ4n) is 2.40. The van der Waals surface area contributed by atoms with Crippen molar-refractivity contribution in [2.24, 2.45) is 17.6 Å². The van der Waals surface area contributed by atoms with Gasteiger partial charge < -0.3 is 10.5 Å². The van der Waals surface area contributed by atoms with Crippen LogP contribution in [0.5, 0.6) is 0 Å². The Kier molecular flexibility index (Phi) is 5.85. The summed E-state index contributed by atoms with van der Waals surface area (Å²) in [5.74, 6) is -3.66. The maximum Gasteiger partial charge on any atom is 0.330 e. The van der Waals surface area contributed by atoms with Gasteiger partial charge in [0.1, 0.15) is 6.61 Å². The zero-order chi connectivity index (χ0) is 13.8. The molecule has 1 saturated carbocycles. The first-order chi connectivity index (χ1) is 8.40. The number of nitrogens with two attached hydrogens (primary N) is 1. The molecule has 6 heteroatoms. The fraction of sp³-hybridized carbons (Fsp3) is 1.00. The molecule has 2 nitrogen and oxygen atoms in total. The number of hydrogen-bond donors (Lipinski definition) is 1. The topological polar surface area (TPSA) is 35.2 Å². The average molecular weight is 271 g/mol. The number of alkyl halides is 4. The van der Waals surface area contributed by atoms with Gasteiger partial charge in [-0.2, -0.15) is 8.78 Å². The van der Waals surface area contributed by atoms with Crippen molar-refractivity contribution in [2.75, 3.05) is 13.2 Å². The molecule has 0 aliphatic heterocycles. The minimum atomic E-state index is -4.07. The number of ether oxygens (including phenoxy) is 1. The monoisotopic (exact) mass is 271 g/mol. The molecule has 0 bridgehead atoms. The van der Waals surface area contributed by atoms with Gasteiger partial charge in [-0.15, -0.1) is 0 Å². The second-order valence-corrected chi connectivity index (χ2v) is 4.99. The standard InChI is InChI=1S/C12H21F4NO/c1-2-8-3-4-9(6-17)10(5-8)18-7-12(15,16)11(13)14/h8-11H,2-7,17H2,1H3. The summed E-state index contributed by atoms with van der Waals surface area (Å²) < 4.78 is 54.7. The van der Waals surface area contributed by atoms with Crippen LogP contribution >= 0.6 is 0 Å². The molecule has 0 aromatic carbocycles. The van der Waals surface area contributed by atoms with E-state index in [2.05, 4.69) is 0 Å². The summed E-state index contributed by atoms with van der Waals surface area (Å²) in [6.07, 6.45) is -0.693. The zero-order valence-corrected chi connectivity index (χ0v) is 10.5. The van der Waals surface area contributed by atoms with Crippen LogP contribution in [0.2, 0.25) is 0 Å². The lowest BCUT2D eigenvalue weighted by Gasteiger charge is -2.35. The molecule has 1 aliphatic carbocycles. The van der Waals surface area contributed by atoms with E-state index in [4.69, 9.17) is 10.5 Å². The van der Waals surface area contributed by atoms with Gasteiger partial charge in [-0.3, -0.25) is 0 Å². The van der Waals surface area contributed by atoms with Crippen LogP contribution in [0, 0.1) is 11.8 Å². The highest BCUT2D eigenvalue weighted by Crippen LogP contribution is 2.34. The zero-order valence-electron chi connectivity index (χ0n) is 10.5. The maximum absolute atomic E-state index is 12.8. The Morgan fingerprint density at radius 1 is 1.33 bits per heavy atom. The number of rotatable bonds is 6. The predicted molar refractivity (Wildman–Crippen MR) is 60.9 cm³/mol. The van der Waals surface area contributed by atoms with Gasteiger partial charge in [0.25, 0.3) is 0 Å². The fourth-order valence-corrected chi connectivity index (χ4v) is 2.40. The lowest BCUT2D eigenvalue weighted by molar-refractivity contribution is -0.185. The highest BCUT2D eigenvalue weighted by molar-refractivity contribution is 4.82. The van der Waals surface area contributed by atoms with Gasteiger partial charge in [0, 0.05) is 0 Å². The summed E-state index contributed by atoms with van der Waals surface area (Å²) in [6, 6.07) is 0. The van der Waals surface area contributed by atoms with E-state index in [0.29, 0.717) is 18.9 Å². The number of hydrogen-bond acceptors (Lipinski definition) is 2. The van der Waals surface area contributed by atoms with E-state index in [1.807, 2.05) is 6.92 Å². The van der Waals surface area contributed by atoms with Crippen molar-refractivity contribution in [3.05, 3.63) is 0 Å². The SMILES string of the molecule is CCC1CCC(CN)C(OCC(F)(F)C(F)F)C1. The summed E-state index contributed by atoms with van der Waals surface area (Å²) >= 11 is 0. The predicted octanol–water partition coefficient (Wildman–Crippen LogP) is 3.06. The van der Waals surface area contributed by atoms with Crippen LogP contribution in [-0.4, -0.2) is 31.6 Å². The largest absolute Gasteiger partial charge is 0.371 e. The third kappa shape index (κ3) is 4.09. The van der Waals surface area contributed by atoms with E-state index in [9.17, 15) is 17.6 Å². The minimum absolute atomic E-state index is 0.00118. The van der Waals surface area contributed by atoms with Crippen LogP contribution in [-0.2, 0) is 4.74 Å². The van der Waals surface area contributed by atoms with Gasteiger partial charge >= 0.3 is 12.3 Å². The van der Waals surface area contributed by atoms with Crippen molar-refractivity contribution in [2.45, 2.75) is 51.1 Å². The van der Waals surface area contributed by atoms with Crippen LogP contribution in [0.1, 0.15) is 32.6 Å². The maximum atomic E-state index is 12.8. The first kappa shape index (κ1) is 15.7. The highest BCUT2D eigenvalue weighted by Gasteiger charge is 2.42. The van der Waals surface area contributed by atoms with Crippen LogP contribution in [0.3, 0.4) is 0 Å². The molecule has 108 valence electrons. The summed E-state index contributed by atoms with van der Waals surface area (Å²) in [4.78, 5) is 0. The molecule has 1 fully saturated rings. The summed E-state index contributed by atoms with van der Waals surface area (Å²) in [5, 5.41) is 0. The summed E-state index contributed by atoms with van der Waals surface area (Å²) in [7, 11) is 0. The highest BCUT2D eigenvalue weighted by atomic mass is 19.3. The Labute approximate surface area is 105 Å². The van der Waals surface area contributed by atoms with Crippen LogP contribution in [0.15, 0.2) is 0 Å². The average Bonchev–Trinajstić information content (AvgIpc) is 2.35. The van der Waals surface area contributed by atoms with Crippen molar-refractivity contribution < 1.29 is 22.3 Å². The van der Waals surface area contributed by atoms with Gasteiger partial charge in [0.15, 0.2) is 0 Å². The molecule has 0 aromatic heterocycles. The van der Waals surface area contributed by atoms with E-state index in [1.54, 1.807) is 0 Å². The van der Waals surface area contributed by atoms with Gasteiger partial charge in [0.2, 0.25) is 0 Å². The Balaban J connectivity index is 2.51. The molecule has 3 atom stereocenters. The van der Waals surface area contributed by atoms with Crippen LogP contribution < -0.4 is 5.73 Å². The van der Waals surface area contributed by atoms with Gasteiger partial charge in [-0.1, -0.05) is 13.3 Å². The molecule has 0 saturated heterocycles. The van der Waals surface area contributed by atoms with Crippen LogP contribution in [0.4, 0.5) is 17.6 Å². The van der Waals surface area contributed by atoms with Gasteiger partial charge in [-0.05, 0) is 37.6 Å². The molecule has 0 amide bonds. The molecule has 0 aromatic rings. The molecule has 18 heavy (non-hydrogen) atoms. The molecule has 0 heterocycles. The van der Waals surface area contributed by atoms with Crippen molar-refractivity contribution >= 4 is 0 Å². The lowest BCUT2D eigenvalue weighted by atomic mass is 9.78. The Bertz CT molecular complexity index is 250. The van der Waals surface area contributed by atoms with Gasteiger partial charge in [-0.25, -0.2) is 8.78 Å². The van der Waals surface area contributed by atoms with Crippen molar-refractivity contribution in [1.29, 1.82) is 0 Å². The van der Waals surface area contributed by atoms with Crippen LogP contribution in [0.25, 0.3) is 0 Å². The van der Waals surface area contributed by atoms with Gasteiger partial charge in [0.05, 0.1) is 6.10 Å². The normalized spacial score (nSPS) is 29.8. The van der Waals surface area contributed by atoms with E-state index < -0.39 is 25.1 Å². The Hall–Kier alpha value is -0.360. The smallest absolute Gasteiger partial charge is 0.330 e. The molecule has 1 aliphatic rings. The van der Waals surface area contributed by atoms with Crippen molar-refractivity contribution in [3.8, 4) is 0 Å². The summed E-state index contributed by atoms with van der Waals surface area (Å²) in [6.45, 7) is 1.15. The van der Waals surface area contributed by atoms with E-state index in [-0.39, 0.29) is 5.92 Å². The molecule has 0 radical (unpaired) electrons. The molecule has 1 rings (SSSR count). The molecular weight excluding hydrogens is 250 g/mol. The first-order valence-electron chi connectivity index (χ1n) is 6.38. The third-order valence-corrected chi connectivity index (χ3v) is 3.73. The van der Waals surface area contributed by atoms with E-state index in [1.165, 1.54) is 0 Å². The molecular formula is C12H21F4NO. The Morgan fingerprint density at radius 2 is 2.00 bits per heavy atom. The first-order valence-corrected chi connectivity index (χ1v) is 6.38. The quantitative estimate of drug-likeness (QED) is 0.754. The summed E-state index contributed by atoms with van der Waals surface area (Å²) in [5.41, 5.74) is 5.56. The molecule has 2 N–H and O–H groups in total. The third-order valence-electron chi connectivity index (χ3n) is 3.73. The molecule has 0 spiro atoms. The second kappa shape index (κ2) is 6.70.